The number of carbonyl (C=O) groups is 1. The van der Waals surface area contributed by atoms with Crippen molar-refractivity contribution in [3.05, 3.63) is 0 Å². The Kier molecular flexibility index (Phi) is 2.85. The van der Waals surface area contributed by atoms with Gasteiger partial charge in [0.25, 0.3) is 0 Å². The van der Waals surface area contributed by atoms with Gasteiger partial charge in [-0.3, -0.25) is 4.79 Å². The first kappa shape index (κ1) is 12.2. The van der Waals surface area contributed by atoms with E-state index in [1.54, 1.807) is 0 Å². The highest BCUT2D eigenvalue weighted by Gasteiger charge is 2.62. The molecule has 1 spiro atoms. The summed E-state index contributed by atoms with van der Waals surface area (Å²) in [6, 6.07) is 0.379. The summed E-state index contributed by atoms with van der Waals surface area (Å²) >= 11 is 0. The zero-order valence-electron chi connectivity index (χ0n) is 11.5. The fourth-order valence-corrected chi connectivity index (χ4v) is 4.21. The fraction of sp³-hybridized carbons (Fsp3) is 0.933. The first-order chi connectivity index (χ1) is 9.30. The molecular formula is C15H23NO3. The van der Waals surface area contributed by atoms with E-state index in [1.165, 1.54) is 12.8 Å². The van der Waals surface area contributed by atoms with Gasteiger partial charge in [0, 0.05) is 13.2 Å². The Morgan fingerprint density at radius 1 is 1.16 bits per heavy atom. The van der Waals surface area contributed by atoms with Gasteiger partial charge in [-0.05, 0) is 44.4 Å². The van der Waals surface area contributed by atoms with Crippen molar-refractivity contribution in [2.24, 2.45) is 11.8 Å². The summed E-state index contributed by atoms with van der Waals surface area (Å²) in [5, 5.41) is 0. The Hall–Kier alpha value is -0.610. The highest BCUT2D eigenvalue weighted by atomic mass is 16.5. The molecule has 4 aliphatic rings. The molecular weight excluding hydrogens is 242 g/mol. The van der Waals surface area contributed by atoms with E-state index in [0.717, 1.165) is 45.4 Å². The highest BCUT2D eigenvalue weighted by molar-refractivity contribution is 5.81. The molecule has 1 aliphatic carbocycles. The van der Waals surface area contributed by atoms with Crippen LogP contribution < -0.4 is 0 Å². The highest BCUT2D eigenvalue weighted by Crippen LogP contribution is 2.51. The summed E-state index contributed by atoms with van der Waals surface area (Å²) in [5.74, 6) is 1.15. The predicted octanol–water partition coefficient (Wildman–Crippen LogP) is 1.58. The number of nitrogens with zero attached hydrogens (tertiary/aromatic N) is 1. The smallest absolute Gasteiger partial charge is 0.228 e. The number of hydrogen-bond donors (Lipinski definition) is 0. The van der Waals surface area contributed by atoms with Crippen LogP contribution in [0.1, 0.15) is 38.5 Å². The standard InChI is InChI=1S/C15H23NO3/c17-14(12-3-1-7-18-9-12)16-10-15(6-2-8-19-15)13(16)11-4-5-11/h11-13H,1-10H2/t12-,13-,15+/m1/s1. The zero-order valence-corrected chi connectivity index (χ0v) is 11.5. The van der Waals surface area contributed by atoms with E-state index in [-0.39, 0.29) is 11.5 Å². The second kappa shape index (κ2) is 4.45. The molecule has 4 rings (SSSR count). The molecule has 0 unspecified atom stereocenters. The Morgan fingerprint density at radius 3 is 2.68 bits per heavy atom. The molecule has 0 aromatic heterocycles. The lowest BCUT2D eigenvalue weighted by atomic mass is 9.77. The Balaban J connectivity index is 1.47. The molecule has 0 aromatic carbocycles. The van der Waals surface area contributed by atoms with Crippen LogP contribution in [-0.2, 0) is 14.3 Å². The predicted molar refractivity (Wildman–Crippen MR) is 69.7 cm³/mol. The third kappa shape index (κ3) is 1.91. The lowest BCUT2D eigenvalue weighted by Gasteiger charge is -2.56. The van der Waals surface area contributed by atoms with Gasteiger partial charge < -0.3 is 14.4 Å². The van der Waals surface area contributed by atoms with Crippen LogP contribution in [-0.4, -0.2) is 48.8 Å². The number of carbonyl (C=O) groups excluding carboxylic acids is 1. The van der Waals surface area contributed by atoms with Gasteiger partial charge in [-0.1, -0.05) is 0 Å². The molecule has 106 valence electrons. The summed E-state index contributed by atoms with van der Waals surface area (Å²) in [7, 11) is 0. The van der Waals surface area contributed by atoms with E-state index < -0.39 is 0 Å². The average molecular weight is 265 g/mol. The van der Waals surface area contributed by atoms with Gasteiger partial charge in [0.05, 0.1) is 25.1 Å². The molecule has 4 fully saturated rings. The Morgan fingerprint density at radius 2 is 2.05 bits per heavy atom. The van der Waals surface area contributed by atoms with Gasteiger partial charge in [0.15, 0.2) is 0 Å². The molecule has 1 amide bonds. The molecule has 3 aliphatic heterocycles. The van der Waals surface area contributed by atoms with Crippen LogP contribution in [0.3, 0.4) is 0 Å². The van der Waals surface area contributed by atoms with Crippen molar-refractivity contribution in [3.63, 3.8) is 0 Å². The minimum atomic E-state index is 0.0341. The van der Waals surface area contributed by atoms with Crippen LogP contribution in [0.2, 0.25) is 0 Å². The van der Waals surface area contributed by atoms with Gasteiger partial charge in [0.1, 0.15) is 5.60 Å². The lowest BCUT2D eigenvalue weighted by molar-refractivity contribution is -0.190. The van der Waals surface area contributed by atoms with Crippen LogP contribution in [0.4, 0.5) is 0 Å². The lowest BCUT2D eigenvalue weighted by Crippen LogP contribution is -2.72. The number of hydrogen-bond acceptors (Lipinski definition) is 3. The first-order valence-electron chi connectivity index (χ1n) is 7.82. The molecule has 4 nitrogen and oxygen atoms in total. The van der Waals surface area contributed by atoms with Gasteiger partial charge in [-0.15, -0.1) is 0 Å². The summed E-state index contributed by atoms with van der Waals surface area (Å²) in [4.78, 5) is 14.8. The van der Waals surface area contributed by atoms with Gasteiger partial charge >= 0.3 is 0 Å². The number of rotatable bonds is 2. The first-order valence-corrected chi connectivity index (χ1v) is 7.82. The molecule has 4 heteroatoms. The molecule has 3 atom stereocenters. The monoisotopic (exact) mass is 265 g/mol. The minimum Gasteiger partial charge on any atom is -0.381 e. The summed E-state index contributed by atoms with van der Waals surface area (Å²) in [5.41, 5.74) is 0.0341. The fourth-order valence-electron chi connectivity index (χ4n) is 4.21. The Bertz CT molecular complexity index is 368. The Labute approximate surface area is 114 Å². The summed E-state index contributed by atoms with van der Waals surface area (Å²) in [6.07, 6.45) is 6.90. The molecule has 0 aromatic rings. The van der Waals surface area contributed by atoms with Crippen molar-refractivity contribution in [1.82, 2.24) is 4.90 Å². The SMILES string of the molecule is O=C([C@@H]1CCCOC1)N1C[C@@]2(CCCO2)[C@H]1C1CC1. The van der Waals surface area contributed by atoms with Crippen LogP contribution in [0.25, 0.3) is 0 Å². The third-order valence-electron chi connectivity index (χ3n) is 5.31. The molecule has 3 heterocycles. The van der Waals surface area contributed by atoms with Crippen molar-refractivity contribution < 1.29 is 14.3 Å². The largest absolute Gasteiger partial charge is 0.381 e. The number of ether oxygens (including phenoxy) is 2. The van der Waals surface area contributed by atoms with E-state index in [1.807, 2.05) is 0 Å². The van der Waals surface area contributed by atoms with Crippen molar-refractivity contribution >= 4 is 5.91 Å². The maximum Gasteiger partial charge on any atom is 0.228 e. The van der Waals surface area contributed by atoms with Gasteiger partial charge in [0.2, 0.25) is 5.91 Å². The number of likely N-dealkylation sites (tertiary alicyclic amines) is 1. The van der Waals surface area contributed by atoms with E-state index in [9.17, 15) is 4.79 Å². The molecule has 0 bridgehead atoms. The quantitative estimate of drug-likeness (QED) is 0.761. The average Bonchev–Trinajstić information content (AvgIpc) is 3.10. The molecule has 0 N–H and O–H groups in total. The molecule has 3 saturated heterocycles. The second-order valence-corrected chi connectivity index (χ2v) is 6.68. The molecule has 0 radical (unpaired) electrons. The van der Waals surface area contributed by atoms with Crippen molar-refractivity contribution in [1.29, 1.82) is 0 Å². The second-order valence-electron chi connectivity index (χ2n) is 6.68. The van der Waals surface area contributed by atoms with Crippen LogP contribution >= 0.6 is 0 Å². The topological polar surface area (TPSA) is 38.8 Å². The van der Waals surface area contributed by atoms with Crippen LogP contribution in [0.5, 0.6) is 0 Å². The van der Waals surface area contributed by atoms with Gasteiger partial charge in [-0.2, -0.15) is 0 Å². The maximum absolute atomic E-state index is 12.7. The van der Waals surface area contributed by atoms with Crippen molar-refractivity contribution in [3.8, 4) is 0 Å². The van der Waals surface area contributed by atoms with E-state index in [4.69, 9.17) is 9.47 Å². The minimum absolute atomic E-state index is 0.0341. The van der Waals surface area contributed by atoms with Crippen molar-refractivity contribution in [2.45, 2.75) is 50.2 Å². The van der Waals surface area contributed by atoms with Crippen LogP contribution in [0.15, 0.2) is 0 Å². The van der Waals surface area contributed by atoms with Gasteiger partial charge in [-0.25, -0.2) is 0 Å². The van der Waals surface area contributed by atoms with E-state index in [2.05, 4.69) is 4.90 Å². The number of amides is 1. The normalized spacial score (nSPS) is 42.4. The molecule has 19 heavy (non-hydrogen) atoms. The zero-order chi connectivity index (χ0) is 12.9. The van der Waals surface area contributed by atoms with E-state index in [0.29, 0.717) is 24.5 Å². The van der Waals surface area contributed by atoms with E-state index >= 15 is 0 Å². The summed E-state index contributed by atoms with van der Waals surface area (Å²) in [6.45, 7) is 3.17. The van der Waals surface area contributed by atoms with Crippen LogP contribution in [0, 0.1) is 11.8 Å². The van der Waals surface area contributed by atoms with Crippen molar-refractivity contribution in [2.75, 3.05) is 26.4 Å². The maximum atomic E-state index is 12.7. The summed E-state index contributed by atoms with van der Waals surface area (Å²) < 4.78 is 11.5. The third-order valence-corrected chi connectivity index (χ3v) is 5.31. The molecule has 1 saturated carbocycles.